The van der Waals surface area contributed by atoms with Crippen molar-refractivity contribution in [2.75, 3.05) is 26.6 Å². The summed E-state index contributed by atoms with van der Waals surface area (Å²) in [5, 5.41) is 11.4. The van der Waals surface area contributed by atoms with Gasteiger partial charge in [0.05, 0.1) is 12.2 Å². The molecule has 0 aromatic heterocycles. The number of halogens is 3. The zero-order valence-electron chi connectivity index (χ0n) is 17.7. The standard InChI is InChI=1S/C22H22F3NO8/c23-22(24,25)11-31-18(28)6-5-13-3-1-2-4-15(13)21(30)34-17-10-14(20(29)26-7-8-27)9-16-19(17)33-12-32-16/h1-6,9,16-17,19,27H,7-8,10-12H2,(H,26,29). The highest BCUT2D eigenvalue weighted by Crippen LogP contribution is 2.31. The van der Waals surface area contributed by atoms with Crippen molar-refractivity contribution >= 4 is 23.9 Å². The average molecular weight is 485 g/mol. The zero-order valence-corrected chi connectivity index (χ0v) is 17.7. The molecular formula is C22H22F3NO8. The van der Waals surface area contributed by atoms with Gasteiger partial charge in [0, 0.05) is 24.6 Å². The molecule has 1 aliphatic heterocycles. The molecule has 0 radical (unpaired) electrons. The molecule has 1 fully saturated rings. The molecule has 2 N–H and O–H groups in total. The van der Waals surface area contributed by atoms with Crippen LogP contribution in [0.3, 0.4) is 0 Å². The number of benzene rings is 1. The van der Waals surface area contributed by atoms with E-state index in [2.05, 4.69) is 10.1 Å². The summed E-state index contributed by atoms with van der Waals surface area (Å²) in [4.78, 5) is 36.8. The third-order valence-electron chi connectivity index (χ3n) is 4.90. The highest BCUT2D eigenvalue weighted by molar-refractivity contribution is 5.96. The Morgan fingerprint density at radius 3 is 2.71 bits per heavy atom. The van der Waals surface area contributed by atoms with E-state index < -0.39 is 48.9 Å². The van der Waals surface area contributed by atoms with Crippen LogP contribution in [0.15, 0.2) is 42.0 Å². The van der Waals surface area contributed by atoms with Crippen LogP contribution in [0.1, 0.15) is 22.3 Å². The van der Waals surface area contributed by atoms with Crippen LogP contribution in [0.5, 0.6) is 0 Å². The second-order valence-corrected chi connectivity index (χ2v) is 7.34. The van der Waals surface area contributed by atoms with Gasteiger partial charge in [-0.05, 0) is 23.8 Å². The van der Waals surface area contributed by atoms with Gasteiger partial charge in [-0.15, -0.1) is 0 Å². The Labute approximate surface area is 192 Å². The molecule has 0 bridgehead atoms. The first-order chi connectivity index (χ1) is 16.2. The second kappa shape index (κ2) is 11.3. The van der Waals surface area contributed by atoms with Crippen molar-refractivity contribution in [2.45, 2.75) is 30.9 Å². The number of hydrogen-bond acceptors (Lipinski definition) is 8. The summed E-state index contributed by atoms with van der Waals surface area (Å²) in [6, 6.07) is 5.99. The average Bonchev–Trinajstić information content (AvgIpc) is 3.28. The third kappa shape index (κ3) is 6.89. The number of rotatable bonds is 8. The monoisotopic (exact) mass is 485 g/mol. The van der Waals surface area contributed by atoms with E-state index in [-0.39, 0.29) is 37.5 Å². The Balaban J connectivity index is 1.70. The molecule has 1 aromatic rings. The van der Waals surface area contributed by atoms with Crippen LogP contribution in [0.4, 0.5) is 13.2 Å². The molecule has 1 heterocycles. The first kappa shape index (κ1) is 25.4. The van der Waals surface area contributed by atoms with Gasteiger partial charge in [0.25, 0.3) is 0 Å². The molecule has 3 rings (SSSR count). The molecule has 0 spiro atoms. The number of hydrogen-bond donors (Lipinski definition) is 2. The molecule has 3 unspecified atom stereocenters. The van der Waals surface area contributed by atoms with Crippen LogP contribution in [0.2, 0.25) is 0 Å². The van der Waals surface area contributed by atoms with E-state index in [9.17, 15) is 27.6 Å². The molecule has 34 heavy (non-hydrogen) atoms. The largest absolute Gasteiger partial charge is 0.456 e. The Kier molecular flexibility index (Phi) is 8.42. The van der Waals surface area contributed by atoms with E-state index in [1.54, 1.807) is 18.2 Å². The Bertz CT molecular complexity index is 975. The SMILES string of the molecule is O=C(C=Cc1ccccc1C(=O)OC1CC(C(=O)NCCO)=CC2OCOC21)OCC(F)(F)F. The predicted molar refractivity (Wildman–Crippen MR) is 109 cm³/mol. The van der Waals surface area contributed by atoms with E-state index in [0.717, 1.165) is 12.2 Å². The van der Waals surface area contributed by atoms with Gasteiger partial charge in [-0.2, -0.15) is 13.2 Å². The highest BCUT2D eigenvalue weighted by atomic mass is 19.4. The summed E-state index contributed by atoms with van der Waals surface area (Å²) in [5.41, 5.74) is 0.557. The summed E-state index contributed by atoms with van der Waals surface area (Å²) in [7, 11) is 0. The van der Waals surface area contributed by atoms with Gasteiger partial charge < -0.3 is 29.4 Å². The molecule has 2 aliphatic rings. The fourth-order valence-electron chi connectivity index (χ4n) is 3.40. The fraction of sp³-hybridized carbons (Fsp3) is 0.409. The molecular weight excluding hydrogens is 463 g/mol. The van der Waals surface area contributed by atoms with E-state index in [1.165, 1.54) is 12.1 Å². The Hall–Kier alpha value is -3.22. The maximum absolute atomic E-state index is 12.9. The van der Waals surface area contributed by atoms with Gasteiger partial charge >= 0.3 is 18.1 Å². The Morgan fingerprint density at radius 2 is 1.97 bits per heavy atom. The van der Waals surface area contributed by atoms with Crippen LogP contribution >= 0.6 is 0 Å². The lowest BCUT2D eigenvalue weighted by Gasteiger charge is -2.30. The zero-order chi connectivity index (χ0) is 24.7. The van der Waals surface area contributed by atoms with Crippen molar-refractivity contribution in [3.8, 4) is 0 Å². The lowest BCUT2D eigenvalue weighted by Crippen LogP contribution is -2.43. The van der Waals surface area contributed by atoms with Crippen LogP contribution in [0.25, 0.3) is 6.08 Å². The van der Waals surface area contributed by atoms with Gasteiger partial charge in [0.1, 0.15) is 25.1 Å². The molecule has 9 nitrogen and oxygen atoms in total. The quantitative estimate of drug-likeness (QED) is 0.420. The van der Waals surface area contributed by atoms with E-state index in [4.69, 9.17) is 19.3 Å². The number of ether oxygens (including phenoxy) is 4. The van der Waals surface area contributed by atoms with Crippen LogP contribution in [-0.4, -0.2) is 74.0 Å². The van der Waals surface area contributed by atoms with Crippen molar-refractivity contribution in [3.05, 3.63) is 53.1 Å². The lowest BCUT2D eigenvalue weighted by molar-refractivity contribution is -0.182. The van der Waals surface area contributed by atoms with E-state index in [0.29, 0.717) is 5.57 Å². The van der Waals surface area contributed by atoms with Crippen LogP contribution in [0, 0.1) is 0 Å². The van der Waals surface area contributed by atoms with Crippen LogP contribution in [-0.2, 0) is 28.5 Å². The van der Waals surface area contributed by atoms with Crippen molar-refractivity contribution in [3.63, 3.8) is 0 Å². The fourth-order valence-corrected chi connectivity index (χ4v) is 3.40. The Morgan fingerprint density at radius 1 is 1.21 bits per heavy atom. The molecule has 184 valence electrons. The van der Waals surface area contributed by atoms with Crippen LogP contribution < -0.4 is 5.32 Å². The smallest absolute Gasteiger partial charge is 0.422 e. The van der Waals surface area contributed by atoms with E-state index in [1.807, 2.05) is 0 Å². The number of alkyl halides is 3. The van der Waals surface area contributed by atoms with Crippen molar-refractivity contribution in [2.24, 2.45) is 0 Å². The maximum atomic E-state index is 12.9. The number of aliphatic hydroxyl groups is 1. The summed E-state index contributed by atoms with van der Waals surface area (Å²) in [6.45, 7) is -1.97. The number of nitrogens with one attached hydrogen (secondary N) is 1. The van der Waals surface area contributed by atoms with Gasteiger partial charge in [0.15, 0.2) is 6.61 Å². The van der Waals surface area contributed by atoms with Crippen molar-refractivity contribution in [1.29, 1.82) is 0 Å². The number of amides is 1. The summed E-state index contributed by atoms with van der Waals surface area (Å²) < 4.78 is 57.2. The molecule has 1 amide bonds. The van der Waals surface area contributed by atoms with Crippen molar-refractivity contribution in [1.82, 2.24) is 5.32 Å². The molecule has 1 aliphatic carbocycles. The van der Waals surface area contributed by atoms with Gasteiger partial charge in [-0.25, -0.2) is 9.59 Å². The first-order valence-electron chi connectivity index (χ1n) is 10.2. The number of esters is 2. The molecule has 0 saturated carbocycles. The minimum absolute atomic E-state index is 0.0370. The minimum Gasteiger partial charge on any atom is -0.456 e. The minimum atomic E-state index is -4.66. The first-order valence-corrected chi connectivity index (χ1v) is 10.2. The maximum Gasteiger partial charge on any atom is 0.422 e. The predicted octanol–water partition coefficient (Wildman–Crippen LogP) is 1.51. The molecule has 1 aromatic carbocycles. The summed E-state index contributed by atoms with van der Waals surface area (Å²) >= 11 is 0. The van der Waals surface area contributed by atoms with E-state index >= 15 is 0 Å². The third-order valence-corrected chi connectivity index (χ3v) is 4.90. The molecule has 12 heteroatoms. The topological polar surface area (TPSA) is 120 Å². The summed E-state index contributed by atoms with van der Waals surface area (Å²) in [6.07, 6.45) is -3.24. The van der Waals surface area contributed by atoms with Gasteiger partial charge in [0.2, 0.25) is 5.91 Å². The van der Waals surface area contributed by atoms with Gasteiger partial charge in [-0.1, -0.05) is 18.2 Å². The molecule has 1 saturated heterocycles. The molecule has 3 atom stereocenters. The van der Waals surface area contributed by atoms with Gasteiger partial charge in [-0.3, -0.25) is 4.79 Å². The number of carbonyl (C=O) groups is 3. The number of carbonyl (C=O) groups excluding carboxylic acids is 3. The normalized spacial score (nSPS) is 22.1. The number of aliphatic hydroxyl groups excluding tert-OH is 1. The second-order valence-electron chi connectivity index (χ2n) is 7.34. The highest BCUT2D eigenvalue weighted by Gasteiger charge is 2.42. The van der Waals surface area contributed by atoms with Crippen molar-refractivity contribution < 1.29 is 51.6 Å². The number of fused-ring (bicyclic) bond motifs is 1. The lowest BCUT2D eigenvalue weighted by atomic mass is 9.91. The summed E-state index contributed by atoms with van der Waals surface area (Å²) in [5.74, 6) is -2.46.